The Kier molecular flexibility index (Phi) is 7.39. The fourth-order valence-corrected chi connectivity index (χ4v) is 4.87. The topological polar surface area (TPSA) is 113 Å². The van der Waals surface area contributed by atoms with Gasteiger partial charge < -0.3 is 15.2 Å². The van der Waals surface area contributed by atoms with Crippen molar-refractivity contribution >= 4 is 49.2 Å². The maximum atomic E-state index is 13.6. The van der Waals surface area contributed by atoms with E-state index in [4.69, 9.17) is 4.74 Å². The summed E-state index contributed by atoms with van der Waals surface area (Å²) in [6, 6.07) is 16.9. The average Bonchev–Trinajstić information content (AvgIpc) is 2.78. The molecule has 0 saturated carbocycles. The number of carboxylic acids is 1. The molecule has 0 aliphatic heterocycles. The number of amides is 1. The van der Waals surface area contributed by atoms with E-state index in [0.29, 0.717) is 4.47 Å². The van der Waals surface area contributed by atoms with Gasteiger partial charge >= 0.3 is 5.97 Å². The van der Waals surface area contributed by atoms with Gasteiger partial charge in [-0.15, -0.1) is 0 Å². The summed E-state index contributed by atoms with van der Waals surface area (Å²) in [5, 5.41) is 11.9. The van der Waals surface area contributed by atoms with Crippen LogP contribution in [0.25, 0.3) is 0 Å². The van der Waals surface area contributed by atoms with Crippen LogP contribution in [0, 0.1) is 6.92 Å². The zero-order chi connectivity index (χ0) is 24.2. The van der Waals surface area contributed by atoms with Crippen LogP contribution in [-0.4, -0.2) is 39.1 Å². The smallest absolute Gasteiger partial charge is 0.337 e. The lowest BCUT2D eigenvalue weighted by atomic mass is 10.2. The van der Waals surface area contributed by atoms with Crippen molar-refractivity contribution in [1.82, 2.24) is 0 Å². The van der Waals surface area contributed by atoms with Crippen molar-refractivity contribution < 1.29 is 27.9 Å². The third-order valence-corrected chi connectivity index (χ3v) is 7.00. The number of carbonyl (C=O) groups excluding carboxylic acids is 1. The fraction of sp³-hybridized carbons (Fsp3) is 0.130. The number of nitrogens with zero attached hydrogens (tertiary/aromatic N) is 1. The lowest BCUT2D eigenvalue weighted by Crippen LogP contribution is -2.38. The number of hydrogen-bond acceptors (Lipinski definition) is 5. The molecule has 0 atom stereocenters. The van der Waals surface area contributed by atoms with Crippen LogP contribution in [0.2, 0.25) is 0 Å². The molecule has 3 rings (SSSR count). The Morgan fingerprint density at radius 1 is 1.06 bits per heavy atom. The van der Waals surface area contributed by atoms with Crippen molar-refractivity contribution in [2.24, 2.45) is 0 Å². The van der Waals surface area contributed by atoms with Crippen LogP contribution in [0.1, 0.15) is 15.9 Å². The monoisotopic (exact) mass is 532 g/mol. The maximum absolute atomic E-state index is 13.6. The molecule has 0 saturated heterocycles. The molecule has 0 bridgehead atoms. The second-order valence-electron chi connectivity index (χ2n) is 7.04. The Labute approximate surface area is 200 Å². The lowest BCUT2D eigenvalue weighted by Gasteiger charge is -2.26. The number of carboxylic acid groups (broad SMARTS) is 1. The first-order valence-electron chi connectivity index (χ1n) is 9.68. The van der Waals surface area contributed by atoms with Crippen LogP contribution in [0.15, 0.2) is 76.1 Å². The lowest BCUT2D eigenvalue weighted by molar-refractivity contribution is -0.114. The van der Waals surface area contributed by atoms with E-state index in [1.165, 1.54) is 43.5 Å². The Morgan fingerprint density at radius 3 is 2.36 bits per heavy atom. The number of ether oxygens (including phenoxy) is 1. The van der Waals surface area contributed by atoms with Gasteiger partial charge in [0.2, 0.25) is 5.91 Å². The summed E-state index contributed by atoms with van der Waals surface area (Å²) >= 11 is 3.33. The molecule has 0 fully saturated rings. The molecule has 3 aromatic carbocycles. The van der Waals surface area contributed by atoms with Crippen LogP contribution < -0.4 is 14.4 Å². The zero-order valence-electron chi connectivity index (χ0n) is 17.8. The van der Waals surface area contributed by atoms with E-state index < -0.39 is 28.4 Å². The molecule has 10 heteroatoms. The molecule has 172 valence electrons. The minimum Gasteiger partial charge on any atom is -0.495 e. The van der Waals surface area contributed by atoms with Crippen molar-refractivity contribution in [2.45, 2.75) is 11.8 Å². The highest BCUT2D eigenvalue weighted by molar-refractivity contribution is 9.10. The van der Waals surface area contributed by atoms with Gasteiger partial charge in [-0.2, -0.15) is 0 Å². The first kappa shape index (κ1) is 24.3. The van der Waals surface area contributed by atoms with Gasteiger partial charge in [-0.25, -0.2) is 13.2 Å². The summed E-state index contributed by atoms with van der Waals surface area (Å²) in [5.74, 6) is -1.70. The first-order valence-corrected chi connectivity index (χ1v) is 11.9. The molecule has 0 aliphatic carbocycles. The minimum atomic E-state index is -4.18. The quantitative estimate of drug-likeness (QED) is 0.447. The van der Waals surface area contributed by atoms with Crippen LogP contribution in [0.5, 0.6) is 5.75 Å². The molecule has 0 spiro atoms. The number of benzene rings is 3. The van der Waals surface area contributed by atoms with Crippen molar-refractivity contribution in [3.63, 3.8) is 0 Å². The van der Waals surface area contributed by atoms with Crippen molar-refractivity contribution in [3.8, 4) is 5.75 Å². The summed E-state index contributed by atoms with van der Waals surface area (Å²) in [4.78, 5) is 24.4. The third-order valence-electron chi connectivity index (χ3n) is 4.74. The van der Waals surface area contributed by atoms with E-state index in [9.17, 15) is 23.1 Å². The highest BCUT2D eigenvalue weighted by atomic mass is 79.9. The number of hydrogen-bond donors (Lipinski definition) is 2. The van der Waals surface area contributed by atoms with Gasteiger partial charge in [0, 0.05) is 4.47 Å². The number of anilines is 2. The van der Waals surface area contributed by atoms with Gasteiger partial charge in [0.25, 0.3) is 10.0 Å². The molecular weight excluding hydrogens is 512 g/mol. The summed E-state index contributed by atoms with van der Waals surface area (Å²) < 4.78 is 34.0. The summed E-state index contributed by atoms with van der Waals surface area (Å²) in [5.41, 5.74) is 0.973. The zero-order valence-corrected chi connectivity index (χ0v) is 20.2. The number of aromatic carboxylic acids is 1. The second-order valence-corrected chi connectivity index (χ2v) is 9.82. The van der Waals surface area contributed by atoms with Gasteiger partial charge in [-0.1, -0.05) is 45.8 Å². The number of aryl methyl sites for hydroxylation is 1. The van der Waals surface area contributed by atoms with Crippen molar-refractivity contribution in [2.75, 3.05) is 23.3 Å². The molecule has 0 aliphatic rings. The van der Waals surface area contributed by atoms with Crippen molar-refractivity contribution in [3.05, 3.63) is 82.3 Å². The number of methoxy groups -OCH3 is 1. The van der Waals surface area contributed by atoms with Gasteiger partial charge in [-0.05, 0) is 49.4 Å². The number of para-hydroxylation sites is 1. The summed E-state index contributed by atoms with van der Waals surface area (Å²) in [7, 11) is -2.78. The van der Waals surface area contributed by atoms with Crippen LogP contribution >= 0.6 is 15.9 Å². The largest absolute Gasteiger partial charge is 0.495 e. The van der Waals surface area contributed by atoms with E-state index in [1.54, 1.807) is 30.3 Å². The second kappa shape index (κ2) is 10.1. The molecule has 0 radical (unpaired) electrons. The molecule has 0 aromatic heterocycles. The van der Waals surface area contributed by atoms with Crippen LogP contribution in [0.3, 0.4) is 0 Å². The standard InChI is InChI=1S/C23H21BrN2O6S/c1-15-7-10-17(11-8-15)33(30,31)26(20-13-16(24)9-12-21(20)32-2)14-22(27)25-19-6-4-3-5-18(19)23(28)29/h3-13H,14H2,1-2H3,(H,25,27)(H,28,29). The maximum Gasteiger partial charge on any atom is 0.337 e. The molecular formula is C23H21BrN2O6S. The predicted octanol–water partition coefficient (Wildman–Crippen LogP) is 4.30. The molecule has 3 aromatic rings. The SMILES string of the molecule is COc1ccc(Br)cc1N(CC(=O)Nc1ccccc1C(=O)O)S(=O)(=O)c1ccc(C)cc1. The number of nitrogens with one attached hydrogen (secondary N) is 1. The van der Waals surface area contributed by atoms with Crippen LogP contribution in [0.4, 0.5) is 11.4 Å². The summed E-state index contributed by atoms with van der Waals surface area (Å²) in [6.45, 7) is 1.22. The molecule has 0 heterocycles. The number of halogens is 1. The Bertz CT molecular complexity index is 1290. The van der Waals surface area contributed by atoms with Gasteiger partial charge in [0.1, 0.15) is 12.3 Å². The van der Waals surface area contributed by atoms with Gasteiger partial charge in [0.05, 0.1) is 28.9 Å². The number of sulfonamides is 1. The van der Waals surface area contributed by atoms with E-state index >= 15 is 0 Å². The Hall–Kier alpha value is -3.37. The van der Waals surface area contributed by atoms with Crippen molar-refractivity contribution in [1.29, 1.82) is 0 Å². The van der Waals surface area contributed by atoms with E-state index in [1.807, 2.05) is 6.92 Å². The molecule has 33 heavy (non-hydrogen) atoms. The van der Waals surface area contributed by atoms with Crippen LogP contribution in [-0.2, 0) is 14.8 Å². The predicted molar refractivity (Wildman–Crippen MR) is 128 cm³/mol. The van der Waals surface area contributed by atoms with Gasteiger partial charge in [-0.3, -0.25) is 9.10 Å². The molecule has 8 nitrogen and oxygen atoms in total. The normalized spacial score (nSPS) is 11.0. The van der Waals surface area contributed by atoms with Gasteiger partial charge in [0.15, 0.2) is 0 Å². The third kappa shape index (κ3) is 5.52. The molecule has 2 N–H and O–H groups in total. The highest BCUT2D eigenvalue weighted by Crippen LogP contribution is 2.35. The van der Waals surface area contributed by atoms with E-state index in [0.717, 1.165) is 9.87 Å². The highest BCUT2D eigenvalue weighted by Gasteiger charge is 2.30. The van der Waals surface area contributed by atoms with E-state index in [2.05, 4.69) is 21.2 Å². The Morgan fingerprint density at radius 2 is 1.73 bits per heavy atom. The fourth-order valence-electron chi connectivity index (χ4n) is 3.09. The van der Waals surface area contributed by atoms with E-state index in [-0.39, 0.29) is 27.6 Å². The molecule has 1 amide bonds. The molecule has 0 unspecified atom stereocenters. The summed E-state index contributed by atoms with van der Waals surface area (Å²) in [6.07, 6.45) is 0. The minimum absolute atomic E-state index is 0.00568. The number of carbonyl (C=O) groups is 2. The Balaban J connectivity index is 2.05. The average molecular weight is 533 g/mol. The first-order chi connectivity index (χ1) is 15.6. The number of rotatable bonds is 8.